The molecule has 0 radical (unpaired) electrons. The van der Waals surface area contributed by atoms with E-state index in [2.05, 4.69) is 10.1 Å². The Kier molecular flexibility index (Phi) is 2.70. The van der Waals surface area contributed by atoms with Crippen LogP contribution < -0.4 is 0 Å². The molecule has 2 unspecified atom stereocenters. The Bertz CT molecular complexity index is 342. The van der Waals surface area contributed by atoms with E-state index in [1.165, 1.54) is 11.0 Å². The SMILES string of the molecule is Cc1ncn([C@@H]2O[C@H](CO)C(O)C2O)n1. The lowest BCUT2D eigenvalue weighted by Gasteiger charge is -2.13. The van der Waals surface area contributed by atoms with Gasteiger partial charge in [0.25, 0.3) is 0 Å². The van der Waals surface area contributed by atoms with Gasteiger partial charge >= 0.3 is 0 Å². The fourth-order valence-corrected chi connectivity index (χ4v) is 1.58. The summed E-state index contributed by atoms with van der Waals surface area (Å²) in [6, 6.07) is 0. The van der Waals surface area contributed by atoms with Gasteiger partial charge in [0, 0.05) is 0 Å². The van der Waals surface area contributed by atoms with Gasteiger partial charge in [0.2, 0.25) is 0 Å². The second-order valence-electron chi connectivity index (χ2n) is 3.50. The van der Waals surface area contributed by atoms with Crippen molar-refractivity contribution in [3.8, 4) is 0 Å². The monoisotopic (exact) mass is 215 g/mol. The fourth-order valence-electron chi connectivity index (χ4n) is 1.58. The molecule has 7 nitrogen and oxygen atoms in total. The summed E-state index contributed by atoms with van der Waals surface area (Å²) in [6.07, 6.45) is -2.38. The molecule has 1 fully saturated rings. The van der Waals surface area contributed by atoms with Gasteiger partial charge in [-0.3, -0.25) is 0 Å². The largest absolute Gasteiger partial charge is 0.394 e. The van der Waals surface area contributed by atoms with E-state index in [-0.39, 0.29) is 6.61 Å². The van der Waals surface area contributed by atoms with E-state index in [1.54, 1.807) is 6.92 Å². The molecule has 3 N–H and O–H groups in total. The van der Waals surface area contributed by atoms with Gasteiger partial charge in [0.05, 0.1) is 6.61 Å². The third kappa shape index (κ3) is 1.74. The first kappa shape index (κ1) is 10.5. The molecule has 0 saturated carbocycles. The summed E-state index contributed by atoms with van der Waals surface area (Å²) >= 11 is 0. The predicted molar refractivity (Wildman–Crippen MR) is 47.8 cm³/mol. The van der Waals surface area contributed by atoms with Crippen molar-refractivity contribution < 1.29 is 20.1 Å². The van der Waals surface area contributed by atoms with Crippen LogP contribution in [-0.2, 0) is 4.74 Å². The van der Waals surface area contributed by atoms with Crippen molar-refractivity contribution in [3.05, 3.63) is 12.2 Å². The van der Waals surface area contributed by atoms with Gasteiger partial charge in [-0.1, -0.05) is 0 Å². The molecular formula is C8H13N3O4. The van der Waals surface area contributed by atoms with Crippen LogP contribution in [0.3, 0.4) is 0 Å². The lowest BCUT2D eigenvalue weighted by atomic mass is 10.1. The molecule has 84 valence electrons. The van der Waals surface area contributed by atoms with E-state index in [0.29, 0.717) is 5.82 Å². The van der Waals surface area contributed by atoms with E-state index in [0.717, 1.165) is 0 Å². The maximum Gasteiger partial charge on any atom is 0.180 e. The summed E-state index contributed by atoms with van der Waals surface area (Å²) in [6.45, 7) is 1.36. The number of aliphatic hydroxyl groups is 3. The number of hydrogen-bond acceptors (Lipinski definition) is 6. The molecule has 0 spiro atoms. The van der Waals surface area contributed by atoms with Crippen LogP contribution in [0.4, 0.5) is 0 Å². The number of hydrogen-bond donors (Lipinski definition) is 3. The maximum absolute atomic E-state index is 9.65. The number of aromatic nitrogens is 3. The minimum atomic E-state index is -1.11. The Hall–Kier alpha value is -1.02. The van der Waals surface area contributed by atoms with Gasteiger partial charge in [-0.2, -0.15) is 5.10 Å². The first-order chi connectivity index (χ1) is 7.13. The first-order valence-electron chi connectivity index (χ1n) is 4.63. The van der Waals surface area contributed by atoms with E-state index < -0.39 is 24.5 Å². The Morgan fingerprint density at radius 2 is 2.20 bits per heavy atom. The summed E-state index contributed by atoms with van der Waals surface area (Å²) in [4.78, 5) is 3.89. The van der Waals surface area contributed by atoms with Gasteiger partial charge in [-0.25, -0.2) is 9.67 Å². The van der Waals surface area contributed by atoms with Crippen molar-refractivity contribution in [1.29, 1.82) is 0 Å². The Labute approximate surface area is 85.9 Å². The fraction of sp³-hybridized carbons (Fsp3) is 0.750. The summed E-state index contributed by atoms with van der Waals surface area (Å²) in [5.41, 5.74) is 0. The quantitative estimate of drug-likeness (QED) is 0.538. The highest BCUT2D eigenvalue weighted by molar-refractivity contribution is 4.89. The van der Waals surface area contributed by atoms with Gasteiger partial charge in [0.15, 0.2) is 6.23 Å². The van der Waals surface area contributed by atoms with Crippen molar-refractivity contribution in [2.75, 3.05) is 6.61 Å². The van der Waals surface area contributed by atoms with Gasteiger partial charge in [-0.05, 0) is 6.92 Å². The van der Waals surface area contributed by atoms with Gasteiger partial charge < -0.3 is 20.1 Å². The van der Waals surface area contributed by atoms with Crippen molar-refractivity contribution in [2.45, 2.75) is 31.5 Å². The third-order valence-electron chi connectivity index (χ3n) is 2.40. The molecule has 7 heteroatoms. The maximum atomic E-state index is 9.65. The molecule has 0 aromatic carbocycles. The molecule has 1 aromatic heterocycles. The highest BCUT2D eigenvalue weighted by Gasteiger charge is 2.43. The zero-order valence-electron chi connectivity index (χ0n) is 8.19. The number of aryl methyl sites for hydroxylation is 1. The molecule has 0 amide bonds. The minimum absolute atomic E-state index is 0.345. The van der Waals surface area contributed by atoms with Gasteiger partial charge in [0.1, 0.15) is 30.5 Å². The first-order valence-corrected chi connectivity index (χ1v) is 4.63. The predicted octanol–water partition coefficient (Wildman–Crippen LogP) is -1.80. The van der Waals surface area contributed by atoms with Crippen LogP contribution in [0.15, 0.2) is 6.33 Å². The highest BCUT2D eigenvalue weighted by atomic mass is 16.6. The molecule has 15 heavy (non-hydrogen) atoms. The highest BCUT2D eigenvalue weighted by Crippen LogP contribution is 2.28. The lowest BCUT2D eigenvalue weighted by Crippen LogP contribution is -2.33. The van der Waals surface area contributed by atoms with Gasteiger partial charge in [-0.15, -0.1) is 0 Å². The second-order valence-corrected chi connectivity index (χ2v) is 3.50. The smallest absolute Gasteiger partial charge is 0.180 e. The summed E-state index contributed by atoms with van der Waals surface area (Å²) in [5.74, 6) is 0.549. The molecular weight excluding hydrogens is 202 g/mol. The molecule has 2 heterocycles. The number of nitrogens with zero attached hydrogens (tertiary/aromatic N) is 3. The lowest BCUT2D eigenvalue weighted by molar-refractivity contribution is -0.0588. The molecule has 0 bridgehead atoms. The molecule has 2 rings (SSSR count). The van der Waals surface area contributed by atoms with Crippen molar-refractivity contribution >= 4 is 0 Å². The van der Waals surface area contributed by atoms with Crippen LogP contribution >= 0.6 is 0 Å². The molecule has 1 aromatic rings. The number of rotatable bonds is 2. The average Bonchev–Trinajstić information content (AvgIpc) is 2.74. The van der Waals surface area contributed by atoms with E-state index in [4.69, 9.17) is 9.84 Å². The van der Waals surface area contributed by atoms with E-state index in [1.807, 2.05) is 0 Å². The minimum Gasteiger partial charge on any atom is -0.394 e. The molecule has 4 atom stereocenters. The molecule has 1 aliphatic rings. The number of ether oxygens (including phenoxy) is 1. The standard InChI is InChI=1S/C8H13N3O4/c1-4-9-3-11(10-4)8-7(14)6(13)5(2-12)15-8/h3,5-8,12-14H,2H2,1H3/t5-,6?,7?,8-/m1/s1. The van der Waals surface area contributed by atoms with E-state index >= 15 is 0 Å². The van der Waals surface area contributed by atoms with Crippen LogP contribution in [0.5, 0.6) is 0 Å². The van der Waals surface area contributed by atoms with Crippen LogP contribution in [0.2, 0.25) is 0 Å². The van der Waals surface area contributed by atoms with Crippen LogP contribution in [0.25, 0.3) is 0 Å². The zero-order valence-corrected chi connectivity index (χ0v) is 8.19. The van der Waals surface area contributed by atoms with Crippen molar-refractivity contribution in [2.24, 2.45) is 0 Å². The van der Waals surface area contributed by atoms with Crippen molar-refractivity contribution in [3.63, 3.8) is 0 Å². The van der Waals surface area contributed by atoms with Crippen molar-refractivity contribution in [1.82, 2.24) is 14.8 Å². The van der Waals surface area contributed by atoms with Crippen LogP contribution in [-0.4, -0.2) is 55.0 Å². The normalized spacial score (nSPS) is 36.0. The second kappa shape index (κ2) is 3.86. The Morgan fingerprint density at radius 1 is 1.47 bits per heavy atom. The average molecular weight is 215 g/mol. The molecule has 1 saturated heterocycles. The summed E-state index contributed by atoms with van der Waals surface area (Å²) in [7, 11) is 0. The Balaban J connectivity index is 2.18. The van der Waals surface area contributed by atoms with E-state index in [9.17, 15) is 10.2 Å². The van der Waals surface area contributed by atoms with Crippen LogP contribution in [0, 0.1) is 6.92 Å². The topological polar surface area (TPSA) is 101 Å². The third-order valence-corrected chi connectivity index (χ3v) is 2.40. The molecule has 1 aliphatic heterocycles. The number of aliphatic hydroxyl groups excluding tert-OH is 3. The summed E-state index contributed by atoms with van der Waals surface area (Å²) in [5, 5.41) is 32.0. The van der Waals surface area contributed by atoms with Crippen LogP contribution in [0.1, 0.15) is 12.1 Å². The molecule has 0 aliphatic carbocycles. The zero-order chi connectivity index (χ0) is 11.0. The summed E-state index contributed by atoms with van der Waals surface area (Å²) < 4.78 is 6.58. The Morgan fingerprint density at radius 3 is 2.67 bits per heavy atom.